The van der Waals surface area contributed by atoms with Crippen molar-refractivity contribution in [2.75, 3.05) is 13.2 Å². The zero-order valence-electron chi connectivity index (χ0n) is 46.0. The van der Waals surface area contributed by atoms with E-state index in [0.717, 1.165) is 69.6 Å². The summed E-state index contributed by atoms with van der Waals surface area (Å²) in [5.41, 5.74) is 0. The number of ether oxygens (including phenoxy) is 3. The third kappa shape index (κ3) is 53.6. The van der Waals surface area contributed by atoms with Crippen molar-refractivity contribution in [1.82, 2.24) is 0 Å². The zero-order chi connectivity index (χ0) is 48.9. The topological polar surface area (TPSA) is 78.9 Å². The highest BCUT2D eigenvalue weighted by molar-refractivity contribution is 5.71. The maximum atomic E-state index is 12.8. The van der Waals surface area contributed by atoms with Gasteiger partial charge in [0.2, 0.25) is 0 Å². The van der Waals surface area contributed by atoms with Gasteiger partial charge in [-0.2, -0.15) is 0 Å². The maximum absolute atomic E-state index is 12.8. The van der Waals surface area contributed by atoms with Crippen LogP contribution in [0.25, 0.3) is 0 Å². The second kappa shape index (κ2) is 53.8. The number of rotatable bonds is 55. The van der Waals surface area contributed by atoms with Gasteiger partial charge in [-0.25, -0.2) is 0 Å². The Morgan fingerprint density at radius 2 is 0.567 bits per heavy atom. The Bertz CT molecular complexity index is 1030. The molecule has 0 aromatic carbocycles. The summed E-state index contributed by atoms with van der Waals surface area (Å²) in [6, 6.07) is 0. The fourth-order valence-electron chi connectivity index (χ4n) is 9.37. The van der Waals surface area contributed by atoms with E-state index in [-0.39, 0.29) is 31.1 Å². The van der Waals surface area contributed by atoms with E-state index in [0.29, 0.717) is 19.3 Å². The molecule has 0 radical (unpaired) electrons. The van der Waals surface area contributed by atoms with E-state index in [2.05, 4.69) is 34.6 Å². The first-order chi connectivity index (χ1) is 32.8. The fraction of sp³-hybridized carbons (Fsp3) is 0.951. The van der Waals surface area contributed by atoms with Crippen LogP contribution >= 0.6 is 0 Å². The standard InChI is InChI=1S/C61H118O6/c1-6-8-9-10-11-12-31-38-43-48-53-61(64)67-58(55-66-60(63)52-47-42-37-33-28-24-20-19-22-26-30-35-40-45-50-57(5)7-2)54-65-59(62)51-46-41-36-32-27-23-18-16-14-13-15-17-21-25-29-34-39-44-49-56(3)4/h56-58H,6-55H2,1-5H3/t57?,58-/m0/s1. The van der Waals surface area contributed by atoms with Gasteiger partial charge in [0.05, 0.1) is 0 Å². The van der Waals surface area contributed by atoms with Crippen molar-refractivity contribution in [2.24, 2.45) is 11.8 Å². The molecule has 0 aromatic rings. The molecule has 398 valence electrons. The fourth-order valence-corrected chi connectivity index (χ4v) is 9.37. The molecule has 0 fully saturated rings. The number of carbonyl (C=O) groups excluding carboxylic acids is 3. The molecule has 0 bridgehead atoms. The van der Waals surface area contributed by atoms with Crippen LogP contribution in [0.3, 0.4) is 0 Å². The predicted octanol–water partition coefficient (Wildman–Crippen LogP) is 20.0. The van der Waals surface area contributed by atoms with E-state index in [1.807, 2.05) is 0 Å². The Hall–Kier alpha value is -1.59. The van der Waals surface area contributed by atoms with Gasteiger partial charge in [-0.1, -0.05) is 304 Å². The molecule has 6 heteroatoms. The van der Waals surface area contributed by atoms with Crippen LogP contribution in [0, 0.1) is 11.8 Å². The second-order valence-corrected chi connectivity index (χ2v) is 21.7. The van der Waals surface area contributed by atoms with E-state index in [4.69, 9.17) is 14.2 Å². The molecule has 0 aliphatic rings. The normalized spacial score (nSPS) is 12.4. The molecular weight excluding hydrogens is 829 g/mol. The van der Waals surface area contributed by atoms with E-state index < -0.39 is 6.10 Å². The predicted molar refractivity (Wildman–Crippen MR) is 289 cm³/mol. The molecule has 0 aromatic heterocycles. The molecule has 0 rings (SSSR count). The Morgan fingerprint density at radius 3 is 0.851 bits per heavy atom. The first-order valence-corrected chi connectivity index (χ1v) is 30.3. The van der Waals surface area contributed by atoms with E-state index in [1.165, 1.54) is 231 Å². The molecule has 0 spiro atoms. The lowest BCUT2D eigenvalue weighted by atomic mass is 9.99. The number of unbranched alkanes of at least 4 members (excludes halogenated alkanes) is 39. The van der Waals surface area contributed by atoms with Crippen molar-refractivity contribution in [3.63, 3.8) is 0 Å². The van der Waals surface area contributed by atoms with E-state index >= 15 is 0 Å². The van der Waals surface area contributed by atoms with Gasteiger partial charge in [0.1, 0.15) is 13.2 Å². The van der Waals surface area contributed by atoms with Gasteiger partial charge in [0, 0.05) is 19.3 Å². The summed E-state index contributed by atoms with van der Waals surface area (Å²) in [4.78, 5) is 38.1. The molecule has 67 heavy (non-hydrogen) atoms. The average Bonchev–Trinajstić information content (AvgIpc) is 3.31. The number of carbonyl (C=O) groups is 3. The maximum Gasteiger partial charge on any atom is 0.306 e. The number of hydrogen-bond donors (Lipinski definition) is 0. The Labute approximate surface area is 418 Å². The van der Waals surface area contributed by atoms with Crippen molar-refractivity contribution in [2.45, 2.75) is 349 Å². The summed E-state index contributed by atoms with van der Waals surface area (Å²) in [5.74, 6) is 0.917. The highest BCUT2D eigenvalue weighted by Gasteiger charge is 2.19. The molecule has 2 atom stereocenters. The van der Waals surface area contributed by atoms with Crippen LogP contribution in [0.1, 0.15) is 343 Å². The third-order valence-electron chi connectivity index (χ3n) is 14.3. The summed E-state index contributed by atoms with van der Waals surface area (Å²) < 4.78 is 16.9. The first-order valence-electron chi connectivity index (χ1n) is 30.3. The minimum Gasteiger partial charge on any atom is -0.462 e. The Kier molecular flexibility index (Phi) is 52.5. The van der Waals surface area contributed by atoms with Gasteiger partial charge < -0.3 is 14.2 Å². The molecule has 0 amide bonds. The lowest BCUT2D eigenvalue weighted by Gasteiger charge is -2.18. The lowest BCUT2D eigenvalue weighted by molar-refractivity contribution is -0.167. The average molecular weight is 948 g/mol. The third-order valence-corrected chi connectivity index (χ3v) is 14.3. The van der Waals surface area contributed by atoms with Crippen LogP contribution in [0.5, 0.6) is 0 Å². The Balaban J connectivity index is 4.18. The minimum absolute atomic E-state index is 0.0624. The smallest absolute Gasteiger partial charge is 0.306 e. The largest absolute Gasteiger partial charge is 0.462 e. The van der Waals surface area contributed by atoms with Crippen molar-refractivity contribution in [3.05, 3.63) is 0 Å². The van der Waals surface area contributed by atoms with Crippen molar-refractivity contribution >= 4 is 17.9 Å². The van der Waals surface area contributed by atoms with Gasteiger partial charge in [-0.3, -0.25) is 14.4 Å². The summed E-state index contributed by atoms with van der Waals surface area (Å²) in [7, 11) is 0. The summed E-state index contributed by atoms with van der Waals surface area (Å²) in [6.45, 7) is 11.5. The molecule has 0 heterocycles. The molecule has 0 aliphatic heterocycles. The van der Waals surface area contributed by atoms with Crippen LogP contribution in [0.2, 0.25) is 0 Å². The summed E-state index contributed by atoms with van der Waals surface area (Å²) in [5, 5.41) is 0. The minimum atomic E-state index is -0.762. The summed E-state index contributed by atoms with van der Waals surface area (Å²) in [6.07, 6.45) is 58.1. The van der Waals surface area contributed by atoms with Crippen molar-refractivity contribution in [3.8, 4) is 0 Å². The number of hydrogen-bond acceptors (Lipinski definition) is 6. The summed E-state index contributed by atoms with van der Waals surface area (Å²) >= 11 is 0. The van der Waals surface area contributed by atoms with Crippen LogP contribution in [-0.4, -0.2) is 37.2 Å². The lowest BCUT2D eigenvalue weighted by Crippen LogP contribution is -2.30. The number of esters is 3. The molecule has 0 saturated carbocycles. The SMILES string of the molecule is CCCCCCCCCCCCC(=O)O[C@@H](COC(=O)CCCCCCCCCCCCCCCCCCCCC(C)C)COC(=O)CCCCCCCCCCCCCCCCC(C)CC. The Morgan fingerprint density at radius 1 is 0.313 bits per heavy atom. The van der Waals surface area contributed by atoms with Gasteiger partial charge in [-0.05, 0) is 31.1 Å². The van der Waals surface area contributed by atoms with Crippen LogP contribution < -0.4 is 0 Å². The van der Waals surface area contributed by atoms with Gasteiger partial charge in [0.15, 0.2) is 6.10 Å². The van der Waals surface area contributed by atoms with Gasteiger partial charge in [0.25, 0.3) is 0 Å². The highest BCUT2D eigenvalue weighted by Crippen LogP contribution is 2.19. The molecule has 0 saturated heterocycles. The molecule has 0 aliphatic carbocycles. The first kappa shape index (κ1) is 65.4. The van der Waals surface area contributed by atoms with Gasteiger partial charge in [-0.15, -0.1) is 0 Å². The molecule has 0 N–H and O–H groups in total. The second-order valence-electron chi connectivity index (χ2n) is 21.7. The van der Waals surface area contributed by atoms with E-state index in [9.17, 15) is 14.4 Å². The van der Waals surface area contributed by atoms with Crippen LogP contribution in [-0.2, 0) is 28.6 Å². The van der Waals surface area contributed by atoms with Crippen LogP contribution in [0.15, 0.2) is 0 Å². The van der Waals surface area contributed by atoms with Crippen molar-refractivity contribution < 1.29 is 28.6 Å². The zero-order valence-corrected chi connectivity index (χ0v) is 46.0. The van der Waals surface area contributed by atoms with Gasteiger partial charge >= 0.3 is 17.9 Å². The molecule has 1 unspecified atom stereocenters. The van der Waals surface area contributed by atoms with Crippen LogP contribution in [0.4, 0.5) is 0 Å². The molecular formula is C61H118O6. The van der Waals surface area contributed by atoms with E-state index in [1.54, 1.807) is 0 Å². The monoisotopic (exact) mass is 947 g/mol. The highest BCUT2D eigenvalue weighted by atomic mass is 16.6. The quantitative estimate of drug-likeness (QED) is 0.0343. The molecule has 6 nitrogen and oxygen atoms in total. The van der Waals surface area contributed by atoms with Crippen molar-refractivity contribution in [1.29, 1.82) is 0 Å².